The van der Waals surface area contributed by atoms with E-state index >= 15 is 0 Å². The number of nitrogens with one attached hydrogen (secondary N) is 1. The lowest BCUT2D eigenvalue weighted by Crippen LogP contribution is -2.43. The van der Waals surface area contributed by atoms with Crippen molar-refractivity contribution in [1.29, 1.82) is 0 Å². The molecular formula is C10H13N5O4S+. The summed E-state index contributed by atoms with van der Waals surface area (Å²) in [4.78, 5) is 1.93. The van der Waals surface area contributed by atoms with Crippen LogP contribution in [0.3, 0.4) is 0 Å². The van der Waals surface area contributed by atoms with Crippen LogP contribution in [0.25, 0.3) is 11.0 Å². The Bertz CT molecular complexity index is 669. The lowest BCUT2D eigenvalue weighted by Gasteiger charge is -2.29. The van der Waals surface area contributed by atoms with Crippen LogP contribution in [0.2, 0.25) is 0 Å². The van der Waals surface area contributed by atoms with Gasteiger partial charge in [0, 0.05) is 32.2 Å². The second-order valence-corrected chi connectivity index (χ2v) is 5.87. The minimum atomic E-state index is -4.06. The molecule has 0 saturated carbocycles. The minimum absolute atomic E-state index is 0.117. The number of hydrogen-bond donors (Lipinski definition) is 2. The molecule has 1 unspecified atom stereocenters. The van der Waals surface area contributed by atoms with Crippen molar-refractivity contribution in [2.75, 3.05) is 31.1 Å². The number of fused-ring (bicyclic) bond motifs is 1. The van der Waals surface area contributed by atoms with Gasteiger partial charge in [-0.1, -0.05) is 0 Å². The van der Waals surface area contributed by atoms with E-state index in [0.717, 1.165) is 31.9 Å². The van der Waals surface area contributed by atoms with Crippen molar-refractivity contribution < 1.29 is 17.7 Å². The minimum Gasteiger partial charge on any atom is -0.367 e. The topological polar surface area (TPSA) is 126 Å². The van der Waals surface area contributed by atoms with E-state index in [1.54, 1.807) is 6.07 Å². The Labute approximate surface area is 115 Å². The fourth-order valence-corrected chi connectivity index (χ4v) is 2.95. The third-order valence-corrected chi connectivity index (χ3v) is 4.33. The Balaban J connectivity index is 2.11. The highest BCUT2D eigenvalue weighted by molar-refractivity contribution is 7.93. The molecule has 1 aliphatic heterocycles. The number of piperazine rings is 1. The fourth-order valence-electron chi connectivity index (χ4n) is 2.25. The molecule has 1 radical (unpaired) electrons. The summed E-state index contributed by atoms with van der Waals surface area (Å²) in [6.45, 7) is 3.28. The van der Waals surface area contributed by atoms with Gasteiger partial charge in [0.05, 0.1) is 10.2 Å². The molecule has 3 rings (SSSR count). The standard InChI is InChI=1S/C10H13N5O4S/c11-18-20(16,17)8-2-1-7(9-10(8)14-19-13-9)15-5-3-12-4-6-15/h1-2,12H,3-6,11H2/q+1. The van der Waals surface area contributed by atoms with E-state index in [1.807, 2.05) is 0 Å². The average molecular weight is 299 g/mol. The van der Waals surface area contributed by atoms with Gasteiger partial charge in [0.15, 0.2) is 11.0 Å². The molecule has 10 heteroatoms. The van der Waals surface area contributed by atoms with Crippen LogP contribution in [0.1, 0.15) is 0 Å². The molecule has 20 heavy (non-hydrogen) atoms. The van der Waals surface area contributed by atoms with Crippen LogP contribution in [-0.2, 0) is 23.5 Å². The molecule has 107 valence electrons. The molecule has 0 spiro atoms. The summed E-state index contributed by atoms with van der Waals surface area (Å²) in [5, 5.41) is 10.7. The van der Waals surface area contributed by atoms with Crippen molar-refractivity contribution >= 4 is 27.2 Å². The van der Waals surface area contributed by atoms with Crippen molar-refractivity contribution in [3.05, 3.63) is 12.1 Å². The number of hydrogen-bond acceptors (Lipinski definition) is 8. The van der Waals surface area contributed by atoms with Crippen LogP contribution >= 0.6 is 0 Å². The van der Waals surface area contributed by atoms with Crippen LogP contribution < -0.4 is 16.1 Å². The highest BCUT2D eigenvalue weighted by atomic mass is 32.3. The van der Waals surface area contributed by atoms with Gasteiger partial charge < -0.3 is 10.2 Å². The third kappa shape index (κ3) is 2.17. The molecule has 0 bridgehead atoms. The summed E-state index contributed by atoms with van der Waals surface area (Å²) >= 11 is 0. The Morgan fingerprint density at radius 2 is 2.00 bits per heavy atom. The normalized spacial score (nSPS) is 19.2. The number of aromatic nitrogens is 2. The van der Waals surface area contributed by atoms with Crippen LogP contribution in [0.15, 0.2) is 21.7 Å². The van der Waals surface area contributed by atoms with Crippen molar-refractivity contribution in [2.45, 2.75) is 4.90 Å². The van der Waals surface area contributed by atoms with Gasteiger partial charge in [-0.2, -0.15) is 5.90 Å². The van der Waals surface area contributed by atoms with Gasteiger partial charge in [-0.25, -0.2) is 4.63 Å². The molecule has 2 aromatic rings. The zero-order chi connectivity index (χ0) is 14.2. The molecule has 1 atom stereocenters. The Kier molecular flexibility index (Phi) is 3.40. The highest BCUT2D eigenvalue weighted by Crippen LogP contribution is 2.32. The predicted molar refractivity (Wildman–Crippen MR) is 69.2 cm³/mol. The van der Waals surface area contributed by atoms with Crippen LogP contribution in [0.5, 0.6) is 0 Å². The summed E-state index contributed by atoms with van der Waals surface area (Å²) in [6.07, 6.45) is 0. The first-order valence-electron chi connectivity index (χ1n) is 5.98. The van der Waals surface area contributed by atoms with Crippen LogP contribution in [0.4, 0.5) is 5.69 Å². The molecule has 1 aliphatic rings. The van der Waals surface area contributed by atoms with E-state index in [4.69, 9.17) is 5.90 Å². The maximum atomic E-state index is 11.7. The van der Waals surface area contributed by atoms with Gasteiger partial charge in [0.25, 0.3) is 4.90 Å². The first-order chi connectivity index (χ1) is 9.63. The molecule has 1 saturated heterocycles. The monoisotopic (exact) mass is 299 g/mol. The predicted octanol–water partition coefficient (Wildman–Crippen LogP) is -0.358. The number of rotatable bonds is 3. The molecular weight excluding hydrogens is 286 g/mol. The molecule has 1 aromatic carbocycles. The van der Waals surface area contributed by atoms with E-state index < -0.39 is 10.5 Å². The van der Waals surface area contributed by atoms with E-state index in [2.05, 4.69) is 29.4 Å². The second kappa shape index (κ2) is 5.07. The van der Waals surface area contributed by atoms with Crippen molar-refractivity contribution in [3.63, 3.8) is 0 Å². The van der Waals surface area contributed by atoms with Crippen LogP contribution in [0, 0.1) is 0 Å². The average Bonchev–Trinajstić information content (AvgIpc) is 2.96. The zero-order valence-electron chi connectivity index (χ0n) is 10.4. The lowest BCUT2D eigenvalue weighted by atomic mass is 10.2. The lowest BCUT2D eigenvalue weighted by molar-refractivity contribution is 0.261. The summed E-state index contributed by atoms with van der Waals surface area (Å²) in [6, 6.07) is 3.05. The molecule has 2 heterocycles. The van der Waals surface area contributed by atoms with E-state index in [0.29, 0.717) is 5.52 Å². The summed E-state index contributed by atoms with van der Waals surface area (Å²) < 4.78 is 32.1. The maximum absolute atomic E-state index is 11.7. The van der Waals surface area contributed by atoms with Crippen molar-refractivity contribution in [2.24, 2.45) is 5.90 Å². The van der Waals surface area contributed by atoms with E-state index in [9.17, 15) is 8.76 Å². The van der Waals surface area contributed by atoms with Crippen molar-refractivity contribution in [3.8, 4) is 0 Å². The number of nitrogens with two attached hydrogens (primary N) is 1. The third-order valence-electron chi connectivity index (χ3n) is 3.21. The highest BCUT2D eigenvalue weighted by Gasteiger charge is 2.39. The van der Waals surface area contributed by atoms with Gasteiger partial charge in [-0.3, -0.25) is 0 Å². The van der Waals surface area contributed by atoms with Crippen molar-refractivity contribution in [1.82, 2.24) is 15.6 Å². The van der Waals surface area contributed by atoms with Crippen LogP contribution in [-0.4, -0.2) is 36.5 Å². The number of benzene rings is 1. The van der Waals surface area contributed by atoms with E-state index in [1.165, 1.54) is 6.07 Å². The smallest absolute Gasteiger partial charge is 0.367 e. The molecule has 0 aliphatic carbocycles. The fraction of sp³-hybridized carbons (Fsp3) is 0.400. The molecule has 1 fully saturated rings. The quantitative estimate of drug-likeness (QED) is 0.581. The van der Waals surface area contributed by atoms with Gasteiger partial charge in [-0.05, 0) is 24.9 Å². The first kappa shape index (κ1) is 13.4. The molecule has 0 amide bonds. The largest absolute Gasteiger partial charge is 0.449 e. The molecule has 9 nitrogen and oxygen atoms in total. The van der Waals surface area contributed by atoms with Gasteiger partial charge in [0.2, 0.25) is 0 Å². The Morgan fingerprint density at radius 1 is 1.30 bits per heavy atom. The van der Waals surface area contributed by atoms with E-state index in [-0.39, 0.29) is 10.4 Å². The second-order valence-electron chi connectivity index (χ2n) is 4.33. The number of anilines is 1. The molecule has 1 aromatic heterocycles. The Hall–Kier alpha value is -1.59. The van der Waals surface area contributed by atoms with Gasteiger partial charge >= 0.3 is 10.5 Å². The molecule has 3 N–H and O–H groups in total. The SMILES string of the molecule is NO[S+]([O])(=O)c1ccc(N2CCNCC2)c2nonc12. The zero-order valence-corrected chi connectivity index (χ0v) is 11.3. The maximum Gasteiger partial charge on any atom is 0.449 e. The Morgan fingerprint density at radius 3 is 2.70 bits per heavy atom. The number of nitrogens with zero attached hydrogens (tertiary/aromatic N) is 3. The first-order valence-corrected chi connectivity index (χ1v) is 7.38. The summed E-state index contributed by atoms with van der Waals surface area (Å²) in [5.41, 5.74) is 1.27. The van der Waals surface area contributed by atoms with Gasteiger partial charge in [0.1, 0.15) is 0 Å². The summed E-state index contributed by atoms with van der Waals surface area (Å²) in [7, 11) is -4.06. The van der Waals surface area contributed by atoms with Gasteiger partial charge in [-0.15, -0.1) is 0 Å². The summed E-state index contributed by atoms with van der Waals surface area (Å²) in [5.74, 6) is 4.79.